The lowest BCUT2D eigenvalue weighted by molar-refractivity contribution is -0.140. The Balaban J connectivity index is 1.61. The average molecular weight is 326 g/mol. The van der Waals surface area contributed by atoms with Crippen LogP contribution in [0.4, 0.5) is 0 Å². The van der Waals surface area contributed by atoms with Crippen molar-refractivity contribution in [2.24, 2.45) is 5.92 Å². The molecule has 0 aliphatic heterocycles. The quantitative estimate of drug-likeness (QED) is 0.709. The number of hydrogen-bond donors (Lipinski definition) is 2. The molecule has 0 aromatic carbocycles. The van der Waals surface area contributed by atoms with Gasteiger partial charge in [0.15, 0.2) is 0 Å². The van der Waals surface area contributed by atoms with Crippen molar-refractivity contribution >= 4 is 11.9 Å². The van der Waals surface area contributed by atoms with Crippen LogP contribution in [0.5, 0.6) is 0 Å². The van der Waals surface area contributed by atoms with E-state index >= 15 is 0 Å². The number of ether oxygens (including phenoxy) is 1. The molecule has 6 nitrogen and oxygen atoms in total. The summed E-state index contributed by atoms with van der Waals surface area (Å²) in [5, 5.41) is 11.9. The van der Waals surface area contributed by atoms with E-state index in [0.717, 1.165) is 32.2 Å². The second kappa shape index (κ2) is 8.64. The first kappa shape index (κ1) is 18.2. The Morgan fingerprint density at radius 2 is 2.00 bits per heavy atom. The minimum Gasteiger partial charge on any atom is -0.480 e. The van der Waals surface area contributed by atoms with Crippen LogP contribution < -0.4 is 5.32 Å². The fraction of sp³-hybridized carbons (Fsp3) is 0.882. The number of amides is 1. The van der Waals surface area contributed by atoms with Gasteiger partial charge < -0.3 is 15.2 Å². The highest BCUT2D eigenvalue weighted by Crippen LogP contribution is 2.27. The van der Waals surface area contributed by atoms with Gasteiger partial charge in [0, 0.05) is 12.1 Å². The van der Waals surface area contributed by atoms with Crippen LogP contribution in [0.25, 0.3) is 0 Å². The lowest BCUT2D eigenvalue weighted by atomic mass is 9.85. The Labute approximate surface area is 138 Å². The number of carboxylic acid groups (broad SMARTS) is 1. The number of hydrogen-bond acceptors (Lipinski definition) is 4. The van der Waals surface area contributed by atoms with Gasteiger partial charge in [0.05, 0.1) is 12.6 Å². The van der Waals surface area contributed by atoms with Crippen LogP contribution in [0.15, 0.2) is 0 Å². The highest BCUT2D eigenvalue weighted by atomic mass is 16.5. The van der Waals surface area contributed by atoms with E-state index in [1.807, 2.05) is 11.8 Å². The normalized spacial score (nSPS) is 30.7. The van der Waals surface area contributed by atoms with E-state index in [2.05, 4.69) is 12.2 Å². The molecule has 23 heavy (non-hydrogen) atoms. The summed E-state index contributed by atoms with van der Waals surface area (Å²) in [6.07, 6.45) is 6.45. The Hall–Kier alpha value is -1.14. The van der Waals surface area contributed by atoms with Crippen LogP contribution in [0.2, 0.25) is 0 Å². The first-order chi connectivity index (χ1) is 11.0. The Kier molecular flexibility index (Phi) is 6.84. The SMILES string of the molecule is CCN(CC(=O)O)C1CC(NC(=O)CO[C@H]2CCC[C@H](C)C2)C1. The third-order valence-electron chi connectivity index (χ3n) is 5.08. The maximum absolute atomic E-state index is 12.0. The first-order valence-corrected chi connectivity index (χ1v) is 8.84. The van der Waals surface area contributed by atoms with Gasteiger partial charge in [0.25, 0.3) is 0 Å². The molecule has 0 aromatic rings. The van der Waals surface area contributed by atoms with E-state index in [0.29, 0.717) is 5.92 Å². The number of nitrogens with zero attached hydrogens (tertiary/aromatic N) is 1. The van der Waals surface area contributed by atoms with Crippen molar-refractivity contribution in [3.05, 3.63) is 0 Å². The number of carbonyl (C=O) groups excluding carboxylic acids is 1. The molecule has 132 valence electrons. The van der Waals surface area contributed by atoms with Gasteiger partial charge in [-0.3, -0.25) is 14.5 Å². The van der Waals surface area contributed by atoms with E-state index in [-0.39, 0.29) is 37.2 Å². The molecule has 2 N–H and O–H groups in total. The van der Waals surface area contributed by atoms with Crippen LogP contribution in [0.3, 0.4) is 0 Å². The molecule has 1 amide bonds. The third kappa shape index (κ3) is 5.77. The van der Waals surface area contributed by atoms with Crippen molar-refractivity contribution in [2.45, 2.75) is 70.6 Å². The number of likely N-dealkylation sites (N-methyl/N-ethyl adjacent to an activating group) is 1. The van der Waals surface area contributed by atoms with E-state index < -0.39 is 5.97 Å². The smallest absolute Gasteiger partial charge is 0.317 e. The standard InChI is InChI=1S/C17H30N2O4/c1-3-19(10-17(21)22)14-8-13(9-14)18-16(20)11-23-15-6-4-5-12(2)7-15/h12-15H,3-11H2,1-2H3,(H,18,20)(H,21,22)/t12-,13?,14?,15-/m0/s1. The highest BCUT2D eigenvalue weighted by Gasteiger charge is 2.34. The molecule has 2 aliphatic carbocycles. The van der Waals surface area contributed by atoms with Gasteiger partial charge in [-0.2, -0.15) is 0 Å². The molecule has 2 fully saturated rings. The van der Waals surface area contributed by atoms with Crippen LogP contribution >= 0.6 is 0 Å². The van der Waals surface area contributed by atoms with Crippen molar-refractivity contribution in [3.8, 4) is 0 Å². The Bertz CT molecular complexity index is 409. The molecule has 2 saturated carbocycles. The zero-order chi connectivity index (χ0) is 16.8. The Morgan fingerprint density at radius 1 is 1.26 bits per heavy atom. The van der Waals surface area contributed by atoms with Gasteiger partial charge in [-0.15, -0.1) is 0 Å². The van der Waals surface area contributed by atoms with Gasteiger partial charge >= 0.3 is 5.97 Å². The molecular weight excluding hydrogens is 296 g/mol. The minimum atomic E-state index is -0.797. The minimum absolute atomic E-state index is 0.0482. The summed E-state index contributed by atoms with van der Waals surface area (Å²) in [5.74, 6) is -0.152. The Morgan fingerprint density at radius 3 is 2.61 bits per heavy atom. The monoisotopic (exact) mass is 326 g/mol. The molecular formula is C17H30N2O4. The summed E-state index contributed by atoms with van der Waals surface area (Å²) in [6, 6.07) is 0.422. The topological polar surface area (TPSA) is 78.9 Å². The van der Waals surface area contributed by atoms with Crippen LogP contribution in [0.1, 0.15) is 52.4 Å². The summed E-state index contributed by atoms with van der Waals surface area (Å²) in [5.41, 5.74) is 0. The summed E-state index contributed by atoms with van der Waals surface area (Å²) in [7, 11) is 0. The van der Waals surface area contributed by atoms with Gasteiger partial charge in [-0.25, -0.2) is 0 Å². The van der Waals surface area contributed by atoms with E-state index in [4.69, 9.17) is 9.84 Å². The van der Waals surface area contributed by atoms with Crippen LogP contribution in [-0.4, -0.2) is 59.8 Å². The number of rotatable bonds is 8. The molecule has 2 rings (SSSR count). The molecule has 0 unspecified atom stereocenters. The third-order valence-corrected chi connectivity index (χ3v) is 5.08. The predicted octanol–water partition coefficient (Wildman–Crippen LogP) is 1.64. The first-order valence-electron chi connectivity index (χ1n) is 8.84. The van der Waals surface area contributed by atoms with Gasteiger partial charge in [-0.05, 0) is 38.1 Å². The fourth-order valence-electron chi connectivity index (χ4n) is 3.67. The van der Waals surface area contributed by atoms with Crippen molar-refractivity contribution < 1.29 is 19.4 Å². The van der Waals surface area contributed by atoms with E-state index in [1.165, 1.54) is 12.8 Å². The maximum atomic E-state index is 12.0. The summed E-state index contributed by atoms with van der Waals surface area (Å²) in [6.45, 7) is 5.14. The molecule has 6 heteroatoms. The molecule has 0 saturated heterocycles. The number of nitrogens with one attached hydrogen (secondary N) is 1. The van der Waals surface area contributed by atoms with Crippen molar-refractivity contribution in [1.82, 2.24) is 10.2 Å². The molecule has 2 aliphatic rings. The van der Waals surface area contributed by atoms with Gasteiger partial charge in [0.2, 0.25) is 5.91 Å². The molecule has 0 spiro atoms. The lowest BCUT2D eigenvalue weighted by Gasteiger charge is -2.42. The lowest BCUT2D eigenvalue weighted by Crippen LogP contribution is -2.55. The van der Waals surface area contributed by atoms with E-state index in [9.17, 15) is 9.59 Å². The number of carboxylic acids is 1. The van der Waals surface area contributed by atoms with Crippen LogP contribution in [0, 0.1) is 5.92 Å². The second-order valence-corrected chi connectivity index (χ2v) is 7.05. The molecule has 0 bridgehead atoms. The number of carbonyl (C=O) groups is 2. The molecule has 0 heterocycles. The summed E-state index contributed by atoms with van der Waals surface area (Å²) < 4.78 is 5.73. The van der Waals surface area contributed by atoms with Crippen molar-refractivity contribution in [3.63, 3.8) is 0 Å². The fourth-order valence-corrected chi connectivity index (χ4v) is 3.67. The van der Waals surface area contributed by atoms with Gasteiger partial charge in [-0.1, -0.05) is 26.7 Å². The molecule has 0 aromatic heterocycles. The summed E-state index contributed by atoms with van der Waals surface area (Å²) in [4.78, 5) is 24.7. The average Bonchev–Trinajstić information content (AvgIpc) is 2.46. The van der Waals surface area contributed by atoms with Crippen molar-refractivity contribution in [1.29, 1.82) is 0 Å². The maximum Gasteiger partial charge on any atom is 0.317 e. The highest BCUT2D eigenvalue weighted by molar-refractivity contribution is 5.77. The zero-order valence-electron chi connectivity index (χ0n) is 14.3. The largest absolute Gasteiger partial charge is 0.480 e. The molecule has 0 radical (unpaired) electrons. The van der Waals surface area contributed by atoms with E-state index in [1.54, 1.807) is 0 Å². The van der Waals surface area contributed by atoms with Crippen molar-refractivity contribution in [2.75, 3.05) is 19.7 Å². The molecule has 2 atom stereocenters. The number of aliphatic carboxylic acids is 1. The second-order valence-electron chi connectivity index (χ2n) is 7.05. The van der Waals surface area contributed by atoms with Gasteiger partial charge in [0.1, 0.15) is 6.61 Å². The summed E-state index contributed by atoms with van der Waals surface area (Å²) >= 11 is 0. The zero-order valence-corrected chi connectivity index (χ0v) is 14.3. The predicted molar refractivity (Wildman–Crippen MR) is 87.2 cm³/mol. The van der Waals surface area contributed by atoms with Crippen LogP contribution in [-0.2, 0) is 14.3 Å².